The predicted molar refractivity (Wildman–Crippen MR) is 200 cm³/mol. The van der Waals surface area contributed by atoms with Crippen molar-refractivity contribution in [1.29, 1.82) is 0 Å². The van der Waals surface area contributed by atoms with Gasteiger partial charge in [-0.3, -0.25) is 14.5 Å². The Morgan fingerprint density at radius 1 is 0.900 bits per heavy atom. The van der Waals surface area contributed by atoms with Gasteiger partial charge in [-0.25, -0.2) is 9.18 Å². The molecule has 0 bridgehead atoms. The quantitative estimate of drug-likeness (QED) is 0.350. The highest BCUT2D eigenvalue weighted by atomic mass is 32.2. The van der Waals surface area contributed by atoms with E-state index in [2.05, 4.69) is 62.7 Å². The molecule has 3 saturated heterocycles. The van der Waals surface area contributed by atoms with Gasteiger partial charge in [0.15, 0.2) is 0 Å². The number of carbonyl (C=O) groups is 3. The van der Waals surface area contributed by atoms with Gasteiger partial charge in [0.25, 0.3) is 0 Å². The molecule has 0 aromatic heterocycles. The van der Waals surface area contributed by atoms with Crippen molar-refractivity contribution in [1.82, 2.24) is 19.6 Å². The number of nitrogens with one attached hydrogen (secondary N) is 1. The van der Waals surface area contributed by atoms with Gasteiger partial charge in [0.2, 0.25) is 11.8 Å². The number of hydrogen-bond acceptors (Lipinski definition) is 6. The van der Waals surface area contributed by atoms with E-state index in [0.29, 0.717) is 57.8 Å². The van der Waals surface area contributed by atoms with Crippen LogP contribution in [0.5, 0.6) is 0 Å². The summed E-state index contributed by atoms with van der Waals surface area (Å²) in [5, 5.41) is 2.16. The highest BCUT2D eigenvalue weighted by molar-refractivity contribution is 8.01. The molecule has 4 heterocycles. The first-order valence-electron chi connectivity index (χ1n) is 18.4. The van der Waals surface area contributed by atoms with Crippen LogP contribution in [0, 0.1) is 11.2 Å². The molecule has 2 aromatic carbocycles. The minimum absolute atomic E-state index is 0.00879. The number of thioether (sulfide) groups is 1. The standard InChI is InChI=1S/C39H55FN6O3S/c1-38(2,3)17-21-46-35(48)32(50-36(46)29-11-9-12-30(40)34(29)43-22-24-44(25-23-43)39(4,5)6)26-33(47)42-18-15-28(16-19-42)45-20-14-27-10-7-8-13-31(27)41-37(45)49/h7-13,28,32,36H,14-26H2,1-6H3,(H,41,49). The van der Waals surface area contributed by atoms with Crippen LogP contribution in [0.25, 0.3) is 0 Å². The number of piperidine rings is 1. The first-order chi connectivity index (χ1) is 23.7. The Morgan fingerprint density at radius 2 is 1.60 bits per heavy atom. The van der Waals surface area contributed by atoms with E-state index in [4.69, 9.17) is 0 Å². The smallest absolute Gasteiger partial charge is 0.322 e. The maximum absolute atomic E-state index is 15.8. The topological polar surface area (TPSA) is 79.4 Å². The van der Waals surface area contributed by atoms with Crippen LogP contribution in [0.15, 0.2) is 42.5 Å². The lowest BCUT2D eigenvalue weighted by molar-refractivity contribution is -0.137. The van der Waals surface area contributed by atoms with Gasteiger partial charge in [-0.1, -0.05) is 51.1 Å². The fraction of sp³-hybridized carbons (Fsp3) is 0.615. The van der Waals surface area contributed by atoms with E-state index in [0.717, 1.165) is 42.7 Å². The predicted octanol–water partition coefficient (Wildman–Crippen LogP) is 6.60. The Bertz CT molecular complexity index is 1560. The van der Waals surface area contributed by atoms with E-state index < -0.39 is 5.25 Å². The lowest BCUT2D eigenvalue weighted by atomic mass is 9.92. The Balaban J connectivity index is 1.13. The third-order valence-corrected chi connectivity index (χ3v) is 12.3. The molecule has 4 aliphatic heterocycles. The van der Waals surface area contributed by atoms with Crippen molar-refractivity contribution < 1.29 is 18.8 Å². The number of carbonyl (C=O) groups excluding carboxylic acids is 3. The first kappa shape index (κ1) is 36.5. The van der Waals surface area contributed by atoms with Gasteiger partial charge in [0.05, 0.1) is 10.9 Å². The minimum atomic E-state index is -0.533. The second-order valence-electron chi connectivity index (χ2n) is 16.5. The summed E-state index contributed by atoms with van der Waals surface area (Å²) in [7, 11) is 0. The molecule has 0 radical (unpaired) electrons. The van der Waals surface area contributed by atoms with Crippen LogP contribution < -0.4 is 10.2 Å². The molecule has 2 atom stereocenters. The van der Waals surface area contributed by atoms with Crippen molar-refractivity contribution in [3.8, 4) is 0 Å². The molecule has 9 nitrogen and oxygen atoms in total. The van der Waals surface area contributed by atoms with E-state index in [1.165, 1.54) is 17.8 Å². The SMILES string of the molecule is CC(C)(C)CCN1C(=O)C(CC(=O)N2CCC(N3CCc4ccccc4NC3=O)CC2)SC1c1cccc(F)c1N1CCN(C(C)(C)C)CC1. The zero-order valence-electron chi connectivity index (χ0n) is 30.7. The second-order valence-corrected chi connectivity index (χ2v) is 17.8. The van der Waals surface area contributed by atoms with Crippen LogP contribution in [0.4, 0.5) is 20.6 Å². The van der Waals surface area contributed by atoms with Crippen molar-refractivity contribution in [3.63, 3.8) is 0 Å². The maximum Gasteiger partial charge on any atom is 0.322 e. The number of halogens is 1. The average Bonchev–Trinajstić information content (AvgIpc) is 3.26. The number of para-hydroxylation sites is 2. The lowest BCUT2D eigenvalue weighted by Crippen LogP contribution is -2.53. The molecular formula is C39H55FN6O3S. The van der Waals surface area contributed by atoms with Crippen LogP contribution in [0.2, 0.25) is 0 Å². The van der Waals surface area contributed by atoms with E-state index in [1.54, 1.807) is 6.07 Å². The Labute approximate surface area is 301 Å². The van der Waals surface area contributed by atoms with Crippen molar-refractivity contribution in [3.05, 3.63) is 59.4 Å². The molecule has 6 rings (SSSR count). The molecule has 2 unspecified atom stereocenters. The Morgan fingerprint density at radius 3 is 2.28 bits per heavy atom. The number of nitrogens with zero attached hydrogens (tertiary/aromatic N) is 5. The van der Waals surface area contributed by atoms with Gasteiger partial charge in [0, 0.05) is 81.6 Å². The average molecular weight is 707 g/mol. The van der Waals surface area contributed by atoms with Crippen LogP contribution in [-0.4, -0.2) is 107 Å². The molecule has 50 heavy (non-hydrogen) atoms. The van der Waals surface area contributed by atoms with E-state index >= 15 is 4.39 Å². The summed E-state index contributed by atoms with van der Waals surface area (Å²) in [4.78, 5) is 51.3. The van der Waals surface area contributed by atoms with Crippen LogP contribution in [-0.2, 0) is 16.0 Å². The maximum atomic E-state index is 15.8. The van der Waals surface area contributed by atoms with Crippen molar-refractivity contribution in [2.45, 2.75) is 95.9 Å². The molecule has 1 N–H and O–H groups in total. The van der Waals surface area contributed by atoms with Gasteiger partial charge in [-0.15, -0.1) is 11.8 Å². The van der Waals surface area contributed by atoms with Gasteiger partial charge in [-0.05, 0) is 69.6 Å². The normalized spacial score (nSPS) is 22.9. The summed E-state index contributed by atoms with van der Waals surface area (Å²) in [6, 6.07) is 13.1. The molecule has 0 saturated carbocycles. The summed E-state index contributed by atoms with van der Waals surface area (Å²) in [6.45, 7) is 18.5. The van der Waals surface area contributed by atoms with Gasteiger partial charge < -0.3 is 24.9 Å². The number of fused-ring (bicyclic) bond motifs is 1. The number of likely N-dealkylation sites (tertiary alicyclic amines) is 1. The van der Waals surface area contributed by atoms with Gasteiger partial charge in [0.1, 0.15) is 11.2 Å². The minimum Gasteiger partial charge on any atom is -0.366 e. The molecule has 0 aliphatic carbocycles. The molecule has 11 heteroatoms. The second kappa shape index (κ2) is 14.7. The van der Waals surface area contributed by atoms with Gasteiger partial charge in [-0.2, -0.15) is 0 Å². The van der Waals surface area contributed by atoms with Crippen LogP contribution >= 0.6 is 11.8 Å². The first-order valence-corrected chi connectivity index (χ1v) is 19.3. The molecule has 4 amide bonds. The van der Waals surface area contributed by atoms with E-state index in [9.17, 15) is 14.4 Å². The molecule has 272 valence electrons. The summed E-state index contributed by atoms with van der Waals surface area (Å²) in [6.07, 6.45) is 3.12. The Hall–Kier alpha value is -3.31. The van der Waals surface area contributed by atoms with Crippen LogP contribution in [0.1, 0.15) is 83.7 Å². The molecule has 2 aromatic rings. The number of amides is 4. The molecular weight excluding hydrogens is 652 g/mol. The zero-order valence-corrected chi connectivity index (χ0v) is 31.5. The molecule has 0 spiro atoms. The van der Waals surface area contributed by atoms with E-state index in [1.807, 2.05) is 39.0 Å². The summed E-state index contributed by atoms with van der Waals surface area (Å²) >= 11 is 1.50. The lowest BCUT2D eigenvalue weighted by Gasteiger charge is -2.43. The molecule has 3 fully saturated rings. The summed E-state index contributed by atoms with van der Waals surface area (Å²) in [5.74, 6) is -0.336. The molecule has 4 aliphatic rings. The number of benzene rings is 2. The van der Waals surface area contributed by atoms with Crippen molar-refractivity contribution in [2.24, 2.45) is 5.41 Å². The fourth-order valence-corrected chi connectivity index (χ4v) is 9.26. The highest BCUT2D eigenvalue weighted by Crippen LogP contribution is 2.48. The van der Waals surface area contributed by atoms with Crippen molar-refractivity contribution in [2.75, 3.05) is 62.6 Å². The zero-order chi connectivity index (χ0) is 35.8. The number of anilines is 2. The van der Waals surface area contributed by atoms with Crippen molar-refractivity contribution >= 4 is 41.0 Å². The highest BCUT2D eigenvalue weighted by Gasteiger charge is 2.45. The van der Waals surface area contributed by atoms with Gasteiger partial charge >= 0.3 is 6.03 Å². The number of hydrogen-bond donors (Lipinski definition) is 1. The number of urea groups is 1. The largest absolute Gasteiger partial charge is 0.366 e. The summed E-state index contributed by atoms with van der Waals surface area (Å²) in [5.41, 5.74) is 3.46. The Kier molecular flexibility index (Phi) is 10.8. The summed E-state index contributed by atoms with van der Waals surface area (Å²) < 4.78 is 15.8. The van der Waals surface area contributed by atoms with E-state index in [-0.39, 0.29) is 52.5 Å². The number of piperazine rings is 1. The monoisotopic (exact) mass is 706 g/mol. The number of rotatable bonds is 7. The fourth-order valence-electron chi connectivity index (χ4n) is 7.77. The third kappa shape index (κ3) is 8.09. The third-order valence-electron chi connectivity index (χ3n) is 10.8. The van der Waals surface area contributed by atoms with Crippen LogP contribution in [0.3, 0.4) is 0 Å².